The van der Waals surface area contributed by atoms with Gasteiger partial charge in [0.2, 0.25) is 0 Å². The number of aromatic nitrogens is 2. The van der Waals surface area contributed by atoms with Crippen LogP contribution in [0.5, 0.6) is 11.5 Å². The SMILES string of the molecule is CCCCc1ncc(CN2CCCC(C(=O)c3ccc(OC)c(OC)c3)C2)[nH]1. The van der Waals surface area contributed by atoms with Gasteiger partial charge < -0.3 is 14.5 Å². The molecule has 1 fully saturated rings. The van der Waals surface area contributed by atoms with E-state index in [4.69, 9.17) is 9.47 Å². The van der Waals surface area contributed by atoms with Gasteiger partial charge in [0.05, 0.1) is 14.2 Å². The average Bonchev–Trinajstić information content (AvgIpc) is 3.18. The molecule has 1 N–H and O–H groups in total. The Morgan fingerprint density at radius 2 is 2.11 bits per heavy atom. The number of hydrogen-bond acceptors (Lipinski definition) is 5. The van der Waals surface area contributed by atoms with Crippen molar-refractivity contribution in [2.45, 2.75) is 45.6 Å². The van der Waals surface area contributed by atoms with E-state index in [2.05, 4.69) is 21.8 Å². The van der Waals surface area contributed by atoms with Crippen LogP contribution in [0.25, 0.3) is 0 Å². The highest BCUT2D eigenvalue weighted by atomic mass is 16.5. The number of aromatic amines is 1. The Hall–Kier alpha value is -2.34. The molecular weight excluding hydrogens is 354 g/mol. The molecule has 1 atom stereocenters. The van der Waals surface area contributed by atoms with Crippen molar-refractivity contribution < 1.29 is 14.3 Å². The van der Waals surface area contributed by atoms with Crippen LogP contribution in [0.3, 0.4) is 0 Å². The van der Waals surface area contributed by atoms with Crippen molar-refractivity contribution in [1.29, 1.82) is 0 Å². The fourth-order valence-electron chi connectivity index (χ4n) is 3.84. The average molecular weight is 386 g/mol. The fourth-order valence-corrected chi connectivity index (χ4v) is 3.84. The van der Waals surface area contributed by atoms with Gasteiger partial charge in [-0.05, 0) is 44.0 Å². The maximum atomic E-state index is 13.0. The van der Waals surface area contributed by atoms with E-state index < -0.39 is 0 Å². The number of methoxy groups -OCH3 is 2. The maximum absolute atomic E-state index is 13.0. The molecule has 6 heteroatoms. The highest BCUT2D eigenvalue weighted by molar-refractivity contribution is 5.98. The standard InChI is InChI=1S/C22H31N3O3/c1-4-5-8-21-23-13-18(24-21)15-25-11-6-7-17(14-25)22(26)16-9-10-19(27-2)20(12-16)28-3/h9-10,12-13,17H,4-8,11,14-15H2,1-3H3,(H,23,24). The molecule has 1 aromatic carbocycles. The van der Waals surface area contributed by atoms with Gasteiger partial charge in [-0.15, -0.1) is 0 Å². The van der Waals surface area contributed by atoms with Gasteiger partial charge in [0.25, 0.3) is 0 Å². The predicted octanol–water partition coefficient (Wildman–Crippen LogP) is 3.86. The molecule has 0 aliphatic carbocycles. The van der Waals surface area contributed by atoms with Crippen LogP contribution < -0.4 is 9.47 Å². The molecule has 0 saturated carbocycles. The number of carbonyl (C=O) groups is 1. The highest BCUT2D eigenvalue weighted by Crippen LogP contribution is 2.30. The molecular formula is C22H31N3O3. The van der Waals surface area contributed by atoms with E-state index in [9.17, 15) is 4.79 Å². The minimum absolute atomic E-state index is 0.00864. The number of ketones is 1. The molecule has 28 heavy (non-hydrogen) atoms. The lowest BCUT2D eigenvalue weighted by atomic mass is 9.90. The van der Waals surface area contributed by atoms with Crippen LogP contribution in [0.2, 0.25) is 0 Å². The number of nitrogens with zero attached hydrogens (tertiary/aromatic N) is 2. The van der Waals surface area contributed by atoms with Gasteiger partial charge >= 0.3 is 0 Å². The van der Waals surface area contributed by atoms with E-state index in [-0.39, 0.29) is 11.7 Å². The normalized spacial score (nSPS) is 17.5. The topological polar surface area (TPSA) is 67.5 Å². The van der Waals surface area contributed by atoms with Crippen LogP contribution >= 0.6 is 0 Å². The molecule has 152 valence electrons. The molecule has 0 spiro atoms. The van der Waals surface area contributed by atoms with Crippen molar-refractivity contribution in [3.63, 3.8) is 0 Å². The summed E-state index contributed by atoms with van der Waals surface area (Å²) < 4.78 is 10.6. The number of unbranched alkanes of at least 4 members (excludes halogenated alkanes) is 1. The summed E-state index contributed by atoms with van der Waals surface area (Å²) in [5.74, 6) is 2.49. The number of likely N-dealkylation sites (tertiary alicyclic amines) is 1. The van der Waals surface area contributed by atoms with Crippen LogP contribution in [0.1, 0.15) is 54.5 Å². The van der Waals surface area contributed by atoms with Crippen LogP contribution in [-0.4, -0.2) is 48.0 Å². The Balaban J connectivity index is 1.62. The van der Waals surface area contributed by atoms with Crippen molar-refractivity contribution in [3.05, 3.63) is 41.5 Å². The van der Waals surface area contributed by atoms with Gasteiger partial charge in [0.15, 0.2) is 17.3 Å². The maximum Gasteiger partial charge on any atom is 0.167 e. The Kier molecular flexibility index (Phi) is 7.09. The summed E-state index contributed by atoms with van der Waals surface area (Å²) in [5.41, 5.74) is 1.82. The molecule has 0 amide bonds. The summed E-state index contributed by atoms with van der Waals surface area (Å²) in [7, 11) is 3.19. The number of nitrogens with one attached hydrogen (secondary N) is 1. The Bertz CT molecular complexity index is 787. The largest absolute Gasteiger partial charge is 0.493 e. The number of imidazole rings is 1. The van der Waals surface area contributed by atoms with Crippen molar-refractivity contribution >= 4 is 5.78 Å². The number of Topliss-reactive ketones (excluding diaryl/α,β-unsaturated/α-hetero) is 1. The number of hydrogen-bond donors (Lipinski definition) is 1. The molecule has 1 aromatic heterocycles. The first-order chi connectivity index (χ1) is 13.6. The second kappa shape index (κ2) is 9.73. The number of rotatable bonds is 9. The zero-order chi connectivity index (χ0) is 19.9. The third kappa shape index (κ3) is 4.93. The fraction of sp³-hybridized carbons (Fsp3) is 0.545. The van der Waals surface area contributed by atoms with Gasteiger partial charge in [0, 0.05) is 42.9 Å². The summed E-state index contributed by atoms with van der Waals surface area (Å²) in [6, 6.07) is 5.42. The van der Waals surface area contributed by atoms with Crippen LogP contribution in [0.4, 0.5) is 0 Å². The lowest BCUT2D eigenvalue weighted by molar-refractivity contribution is 0.0810. The molecule has 0 radical (unpaired) electrons. The van der Waals surface area contributed by atoms with Gasteiger partial charge in [-0.2, -0.15) is 0 Å². The molecule has 1 saturated heterocycles. The summed E-state index contributed by atoms with van der Waals surface area (Å²) in [6.07, 6.45) is 7.21. The summed E-state index contributed by atoms with van der Waals surface area (Å²) >= 11 is 0. The van der Waals surface area contributed by atoms with Crippen LogP contribution in [0, 0.1) is 5.92 Å². The van der Waals surface area contributed by atoms with E-state index in [1.807, 2.05) is 12.3 Å². The van der Waals surface area contributed by atoms with Crippen LogP contribution in [-0.2, 0) is 13.0 Å². The zero-order valence-corrected chi connectivity index (χ0v) is 17.2. The minimum atomic E-state index is 0.00864. The molecule has 0 bridgehead atoms. The van der Waals surface area contributed by atoms with Crippen molar-refractivity contribution in [2.75, 3.05) is 27.3 Å². The summed E-state index contributed by atoms with van der Waals surface area (Å²) in [4.78, 5) is 23.3. The number of carbonyl (C=O) groups excluding carboxylic acids is 1. The molecule has 1 unspecified atom stereocenters. The molecule has 2 aromatic rings. The molecule has 2 heterocycles. The third-order valence-corrected chi connectivity index (χ3v) is 5.39. The first-order valence-electron chi connectivity index (χ1n) is 10.2. The van der Waals surface area contributed by atoms with Crippen LogP contribution in [0.15, 0.2) is 24.4 Å². The van der Waals surface area contributed by atoms with Gasteiger partial charge in [-0.3, -0.25) is 9.69 Å². The van der Waals surface area contributed by atoms with E-state index in [0.717, 1.165) is 56.8 Å². The first kappa shape index (κ1) is 20.4. The summed E-state index contributed by atoms with van der Waals surface area (Å²) in [5, 5.41) is 0. The van der Waals surface area contributed by atoms with E-state index in [1.165, 1.54) is 6.42 Å². The number of ether oxygens (including phenoxy) is 2. The number of piperidine rings is 1. The quantitative estimate of drug-likeness (QED) is 0.664. The molecule has 1 aliphatic rings. The Morgan fingerprint density at radius 3 is 2.86 bits per heavy atom. The van der Waals surface area contributed by atoms with E-state index in [1.54, 1.807) is 26.4 Å². The van der Waals surface area contributed by atoms with E-state index >= 15 is 0 Å². The number of aryl methyl sites for hydroxylation is 1. The predicted molar refractivity (Wildman–Crippen MR) is 109 cm³/mol. The van der Waals surface area contributed by atoms with Gasteiger partial charge in [-0.25, -0.2) is 4.98 Å². The van der Waals surface area contributed by atoms with E-state index in [0.29, 0.717) is 17.1 Å². The summed E-state index contributed by atoms with van der Waals surface area (Å²) in [6.45, 7) is 4.79. The number of benzene rings is 1. The van der Waals surface area contributed by atoms with Crippen molar-refractivity contribution in [3.8, 4) is 11.5 Å². The van der Waals surface area contributed by atoms with Gasteiger partial charge in [0.1, 0.15) is 5.82 Å². The lowest BCUT2D eigenvalue weighted by Gasteiger charge is -2.31. The smallest absolute Gasteiger partial charge is 0.167 e. The Labute approximate surface area is 167 Å². The van der Waals surface area contributed by atoms with Crippen molar-refractivity contribution in [2.24, 2.45) is 5.92 Å². The van der Waals surface area contributed by atoms with Crippen molar-refractivity contribution in [1.82, 2.24) is 14.9 Å². The molecule has 1 aliphatic heterocycles. The highest BCUT2D eigenvalue weighted by Gasteiger charge is 2.27. The minimum Gasteiger partial charge on any atom is -0.493 e. The van der Waals surface area contributed by atoms with Gasteiger partial charge in [-0.1, -0.05) is 13.3 Å². The molecule has 6 nitrogen and oxygen atoms in total. The second-order valence-electron chi connectivity index (χ2n) is 7.47. The monoisotopic (exact) mass is 385 g/mol. The first-order valence-corrected chi connectivity index (χ1v) is 10.2. The molecule has 3 rings (SSSR count). The Morgan fingerprint density at radius 1 is 1.29 bits per heavy atom. The second-order valence-corrected chi connectivity index (χ2v) is 7.47. The lowest BCUT2D eigenvalue weighted by Crippen LogP contribution is -2.38. The number of H-pyrrole nitrogens is 1. The third-order valence-electron chi connectivity index (χ3n) is 5.39. The zero-order valence-electron chi connectivity index (χ0n) is 17.2.